The van der Waals surface area contributed by atoms with Crippen molar-refractivity contribution in [3.8, 4) is 0 Å². The Balaban J connectivity index is 0.960. The zero-order valence-electron chi connectivity index (χ0n) is 31.6. The average Bonchev–Trinajstić information content (AvgIpc) is 3.54. The van der Waals surface area contributed by atoms with Gasteiger partial charge in [0.05, 0.1) is 44.0 Å². The van der Waals surface area contributed by atoms with Crippen molar-refractivity contribution >= 4 is 17.7 Å². The summed E-state index contributed by atoms with van der Waals surface area (Å²) in [5, 5.41) is 25.1. The van der Waals surface area contributed by atoms with Crippen molar-refractivity contribution in [3.05, 3.63) is 0 Å². The molecule has 0 radical (unpaired) electrons. The van der Waals surface area contributed by atoms with Crippen LogP contribution in [0.1, 0.15) is 72.6 Å². The minimum Gasteiger partial charge on any atom is -0.390 e. The van der Waals surface area contributed by atoms with Crippen LogP contribution >= 0.6 is 0 Å². The van der Waals surface area contributed by atoms with Crippen molar-refractivity contribution in [2.45, 2.75) is 115 Å². The second-order valence-corrected chi connectivity index (χ2v) is 16.4. The highest BCUT2D eigenvalue weighted by Crippen LogP contribution is 2.41. The second-order valence-electron chi connectivity index (χ2n) is 16.4. The summed E-state index contributed by atoms with van der Waals surface area (Å²) in [5.74, 6) is 1.79. The fraction of sp³-hybridized carbons (Fsp3) is 0.919. The zero-order chi connectivity index (χ0) is 36.1. The zero-order valence-corrected chi connectivity index (χ0v) is 31.6. The lowest BCUT2D eigenvalue weighted by molar-refractivity contribution is -0.132. The second kappa shape index (κ2) is 17.9. The first-order valence-electron chi connectivity index (χ1n) is 20.0. The van der Waals surface area contributed by atoms with Crippen molar-refractivity contribution in [3.63, 3.8) is 0 Å². The summed E-state index contributed by atoms with van der Waals surface area (Å²) in [4.78, 5) is 46.0. The van der Waals surface area contributed by atoms with E-state index in [0.717, 1.165) is 71.4 Å². The van der Waals surface area contributed by atoms with Gasteiger partial charge in [-0.05, 0) is 76.2 Å². The van der Waals surface area contributed by atoms with Gasteiger partial charge in [0.15, 0.2) is 0 Å². The Kier molecular flexibility index (Phi) is 13.7. The van der Waals surface area contributed by atoms with Crippen LogP contribution in [0.15, 0.2) is 0 Å². The maximum absolute atomic E-state index is 13.7. The van der Waals surface area contributed by atoms with Crippen LogP contribution in [0.3, 0.4) is 0 Å². The van der Waals surface area contributed by atoms with Crippen molar-refractivity contribution in [2.24, 2.45) is 23.7 Å². The molecule has 3 amide bonds. The average molecular weight is 719 g/mol. The number of aliphatic hydroxyl groups excluding tert-OH is 1. The highest BCUT2D eigenvalue weighted by atomic mass is 16.6. The van der Waals surface area contributed by atoms with Crippen LogP contribution in [0, 0.1) is 23.7 Å². The molecule has 0 aromatic carbocycles. The lowest BCUT2D eigenvalue weighted by Crippen LogP contribution is -2.64. The van der Waals surface area contributed by atoms with Gasteiger partial charge in [0.2, 0.25) is 17.7 Å². The molecule has 1 aliphatic carbocycles. The molecule has 9 unspecified atom stereocenters. The summed E-state index contributed by atoms with van der Waals surface area (Å²) in [7, 11) is 0. The minimum atomic E-state index is -0.623. The third-order valence-electron chi connectivity index (χ3n) is 13.0. The number of carbonyl (C=O) groups excluding carboxylic acids is 3. The first-order valence-corrected chi connectivity index (χ1v) is 20.0. The summed E-state index contributed by atoms with van der Waals surface area (Å²) in [6.07, 6.45) is 6.23. The Morgan fingerprint density at radius 1 is 0.922 bits per heavy atom. The van der Waals surface area contributed by atoms with Gasteiger partial charge >= 0.3 is 0 Å². The van der Waals surface area contributed by atoms with E-state index < -0.39 is 6.10 Å². The molecule has 290 valence electrons. The van der Waals surface area contributed by atoms with Crippen LogP contribution < -0.4 is 21.3 Å². The van der Waals surface area contributed by atoms with Crippen molar-refractivity contribution in [1.82, 2.24) is 40.9 Å². The molecule has 0 spiro atoms. The molecule has 51 heavy (non-hydrogen) atoms. The summed E-state index contributed by atoms with van der Waals surface area (Å²) >= 11 is 0. The number of β-amino-alcohol motifs (C(OH)–C–C–N with tert-alkyl or cyclic N) is 1. The number of hydrogen-bond donors (Lipinski definition) is 5. The topological polar surface area (TPSA) is 151 Å². The van der Waals surface area contributed by atoms with E-state index in [1.807, 2.05) is 9.80 Å². The minimum absolute atomic E-state index is 0.000144. The van der Waals surface area contributed by atoms with Crippen LogP contribution in [-0.4, -0.2) is 164 Å². The number of piperidine rings is 3. The van der Waals surface area contributed by atoms with E-state index >= 15 is 0 Å². The van der Waals surface area contributed by atoms with Gasteiger partial charge in [-0.1, -0.05) is 6.92 Å². The molecule has 6 rings (SSSR count). The molecule has 5 N–H and O–H groups in total. The van der Waals surface area contributed by atoms with Crippen LogP contribution in [0.5, 0.6) is 0 Å². The van der Waals surface area contributed by atoms with Crippen LogP contribution in [0.25, 0.3) is 0 Å². The molecule has 10 atom stereocenters. The van der Waals surface area contributed by atoms with E-state index in [0.29, 0.717) is 69.6 Å². The monoisotopic (exact) mass is 719 g/mol. The summed E-state index contributed by atoms with van der Waals surface area (Å²) in [6, 6.07) is 0.607. The number of nitrogens with one attached hydrogen (secondary N) is 4. The number of rotatable bonds is 11. The Morgan fingerprint density at radius 2 is 1.65 bits per heavy atom. The fourth-order valence-corrected chi connectivity index (χ4v) is 9.74. The van der Waals surface area contributed by atoms with Gasteiger partial charge in [-0.3, -0.25) is 35.2 Å². The van der Waals surface area contributed by atoms with Crippen LogP contribution in [0.4, 0.5) is 0 Å². The molecule has 6 aliphatic rings. The summed E-state index contributed by atoms with van der Waals surface area (Å²) < 4.78 is 12.2. The highest BCUT2D eigenvalue weighted by molar-refractivity contribution is 5.79. The van der Waals surface area contributed by atoms with Crippen LogP contribution in [-0.2, 0) is 23.9 Å². The van der Waals surface area contributed by atoms with Gasteiger partial charge < -0.3 is 34.6 Å². The van der Waals surface area contributed by atoms with E-state index in [1.54, 1.807) is 13.8 Å². The van der Waals surface area contributed by atoms with E-state index in [1.165, 1.54) is 0 Å². The maximum Gasteiger partial charge on any atom is 0.223 e. The molecule has 14 nitrogen and oxygen atoms in total. The van der Waals surface area contributed by atoms with E-state index in [-0.39, 0.29) is 60.8 Å². The molecule has 6 fully saturated rings. The Bertz CT molecular complexity index is 1170. The predicted octanol–water partition coefficient (Wildman–Crippen LogP) is -0.0325. The third-order valence-corrected chi connectivity index (χ3v) is 13.0. The quantitative estimate of drug-likeness (QED) is 0.196. The normalized spacial score (nSPS) is 36.5. The maximum atomic E-state index is 13.7. The number of fused-ring (bicyclic) bond motifs is 1. The number of likely N-dealkylation sites (tertiary alicyclic amines) is 2. The number of carbonyl (C=O) groups is 3. The Labute approximate surface area is 305 Å². The standard InChI is InChI=1S/C37H66N8O6/c1-24-32-9-10-42(20-28(32)5-6-33(24)50-22-34-25(2)39-23-51-34)21-31(48)19-38-37(49)29-17-35(40-30-7-11-43(12-8-30)26(3)46)41-36(18-29)45-15-13-44(14-16-45)27(4)47/h24-25,28-36,39-41,48H,5-23H2,1-4H3,(H,38,49)/t24?,25?,28?,29?,31-,32?,33?,34?,35?,36?/m0/s1. The lowest BCUT2D eigenvalue weighted by Gasteiger charge is -2.47. The first kappa shape index (κ1) is 38.8. The molecular weight excluding hydrogens is 652 g/mol. The molecule has 5 heterocycles. The molecular formula is C37H66N8O6. The number of aliphatic hydroxyl groups is 1. The molecule has 1 saturated carbocycles. The van der Waals surface area contributed by atoms with Crippen molar-refractivity contribution in [2.75, 3.05) is 78.8 Å². The van der Waals surface area contributed by atoms with Gasteiger partial charge in [-0.2, -0.15) is 0 Å². The van der Waals surface area contributed by atoms with Gasteiger partial charge in [-0.15, -0.1) is 0 Å². The number of nitrogens with zero attached hydrogens (tertiary/aromatic N) is 4. The van der Waals surface area contributed by atoms with E-state index in [9.17, 15) is 19.5 Å². The predicted molar refractivity (Wildman–Crippen MR) is 193 cm³/mol. The molecule has 14 heteroatoms. The highest BCUT2D eigenvalue weighted by Gasteiger charge is 2.42. The number of ether oxygens (including phenoxy) is 2. The first-order chi connectivity index (χ1) is 24.5. The smallest absolute Gasteiger partial charge is 0.223 e. The Morgan fingerprint density at radius 3 is 2.33 bits per heavy atom. The van der Waals surface area contributed by atoms with E-state index in [4.69, 9.17) is 9.47 Å². The number of piperazine rings is 1. The van der Waals surface area contributed by atoms with E-state index in [2.05, 4.69) is 44.9 Å². The summed E-state index contributed by atoms with van der Waals surface area (Å²) in [5.41, 5.74) is 0. The van der Waals surface area contributed by atoms with Gasteiger partial charge in [-0.25, -0.2) is 0 Å². The Hall–Kier alpha value is -1.91. The fourth-order valence-electron chi connectivity index (χ4n) is 9.74. The van der Waals surface area contributed by atoms with Crippen molar-refractivity contribution in [1.29, 1.82) is 0 Å². The molecule has 0 aromatic heterocycles. The number of hydrogen-bond acceptors (Lipinski definition) is 11. The van der Waals surface area contributed by atoms with Crippen molar-refractivity contribution < 1.29 is 29.0 Å². The van der Waals surface area contributed by atoms with Gasteiger partial charge in [0, 0.05) is 90.8 Å². The van der Waals surface area contributed by atoms with Crippen LogP contribution in [0.2, 0.25) is 0 Å². The van der Waals surface area contributed by atoms with Gasteiger partial charge in [0.25, 0.3) is 0 Å². The molecule has 5 aliphatic heterocycles. The summed E-state index contributed by atoms with van der Waals surface area (Å²) in [6.45, 7) is 16.2. The molecule has 0 aromatic rings. The lowest BCUT2D eigenvalue weighted by atomic mass is 9.68. The number of amides is 3. The SMILES string of the molecule is CC(=O)N1CCC(NC2CC(C(=O)NC[C@H](O)CN3CCC4C(CCC(OCC5OCNC5C)C4C)C3)CC(N3CCN(C(C)=O)CC3)N2)CC1. The third kappa shape index (κ3) is 10.2. The largest absolute Gasteiger partial charge is 0.390 e. The molecule has 0 bridgehead atoms. The van der Waals surface area contributed by atoms with Gasteiger partial charge in [0.1, 0.15) is 0 Å². The molecule has 5 saturated heterocycles.